The van der Waals surface area contributed by atoms with Crippen molar-refractivity contribution in [2.24, 2.45) is 23.0 Å². The second kappa shape index (κ2) is 3.46. The fourth-order valence-electron chi connectivity index (χ4n) is 2.80. The minimum absolute atomic E-state index is 0.218. The fraction of sp³-hybridized carbons (Fsp3) is 1.00. The van der Waals surface area contributed by atoms with Crippen molar-refractivity contribution in [1.82, 2.24) is 4.90 Å². The molecule has 2 aliphatic rings. The van der Waals surface area contributed by atoms with E-state index in [1.165, 1.54) is 25.8 Å². The molecule has 0 heterocycles. The molecule has 0 bridgehead atoms. The Labute approximate surface area is 94.2 Å². The van der Waals surface area contributed by atoms with Gasteiger partial charge in [0.1, 0.15) is 0 Å². The molecule has 2 nitrogen and oxygen atoms in total. The van der Waals surface area contributed by atoms with Gasteiger partial charge in [-0.25, -0.2) is 0 Å². The van der Waals surface area contributed by atoms with Crippen LogP contribution >= 0.6 is 0 Å². The summed E-state index contributed by atoms with van der Waals surface area (Å²) in [4.78, 5) is 2.54. The highest BCUT2D eigenvalue weighted by Crippen LogP contribution is 2.55. The zero-order valence-corrected chi connectivity index (χ0v) is 10.7. The van der Waals surface area contributed by atoms with E-state index in [-0.39, 0.29) is 5.54 Å². The standard InChI is InChI=1S/C13H26N2/c1-10-7-11(10)8-15(4)13(3,9-14)12(2)5-6-12/h10-11H,5-9,14H2,1-4H3. The van der Waals surface area contributed by atoms with E-state index in [9.17, 15) is 0 Å². The molecule has 2 N–H and O–H groups in total. The van der Waals surface area contributed by atoms with Crippen LogP contribution in [0.15, 0.2) is 0 Å². The molecule has 2 heteroatoms. The van der Waals surface area contributed by atoms with Gasteiger partial charge in [-0.2, -0.15) is 0 Å². The van der Waals surface area contributed by atoms with Gasteiger partial charge in [0, 0.05) is 18.6 Å². The maximum Gasteiger partial charge on any atom is 0.0354 e. The Morgan fingerprint density at radius 3 is 2.33 bits per heavy atom. The lowest BCUT2D eigenvalue weighted by atomic mass is 9.82. The van der Waals surface area contributed by atoms with Gasteiger partial charge in [0.05, 0.1) is 0 Å². The smallest absolute Gasteiger partial charge is 0.0354 e. The van der Waals surface area contributed by atoms with Crippen LogP contribution < -0.4 is 5.73 Å². The van der Waals surface area contributed by atoms with E-state index >= 15 is 0 Å². The second-order valence-electron chi connectivity index (χ2n) is 6.39. The summed E-state index contributed by atoms with van der Waals surface area (Å²) in [6.45, 7) is 9.14. The molecule has 15 heavy (non-hydrogen) atoms. The Balaban J connectivity index is 1.98. The molecule has 0 aromatic rings. The first-order valence-electron chi connectivity index (χ1n) is 6.34. The van der Waals surface area contributed by atoms with Crippen molar-refractivity contribution in [3.8, 4) is 0 Å². The number of nitrogens with zero attached hydrogens (tertiary/aromatic N) is 1. The van der Waals surface area contributed by atoms with Gasteiger partial charge < -0.3 is 5.73 Å². The molecular weight excluding hydrogens is 184 g/mol. The summed E-state index contributed by atoms with van der Waals surface area (Å²) in [5.41, 5.74) is 6.72. The van der Waals surface area contributed by atoms with Gasteiger partial charge in [-0.3, -0.25) is 4.90 Å². The van der Waals surface area contributed by atoms with Crippen LogP contribution in [0.2, 0.25) is 0 Å². The molecule has 0 aromatic carbocycles. The minimum atomic E-state index is 0.218. The van der Waals surface area contributed by atoms with Crippen molar-refractivity contribution in [2.75, 3.05) is 20.1 Å². The van der Waals surface area contributed by atoms with Gasteiger partial charge in [0.25, 0.3) is 0 Å². The summed E-state index contributed by atoms with van der Waals surface area (Å²) < 4.78 is 0. The number of nitrogens with two attached hydrogens (primary N) is 1. The highest BCUT2D eigenvalue weighted by Gasteiger charge is 2.54. The first-order chi connectivity index (χ1) is 6.93. The summed E-state index contributed by atoms with van der Waals surface area (Å²) in [5.74, 6) is 1.88. The summed E-state index contributed by atoms with van der Waals surface area (Å²) in [5, 5.41) is 0. The third-order valence-electron chi connectivity index (χ3n) is 5.32. The molecule has 0 aliphatic heterocycles. The van der Waals surface area contributed by atoms with E-state index in [0.717, 1.165) is 18.4 Å². The van der Waals surface area contributed by atoms with Crippen LogP contribution in [0.4, 0.5) is 0 Å². The third-order valence-corrected chi connectivity index (χ3v) is 5.32. The van der Waals surface area contributed by atoms with Crippen LogP contribution in [0.1, 0.15) is 40.0 Å². The predicted molar refractivity (Wildman–Crippen MR) is 64.7 cm³/mol. The van der Waals surface area contributed by atoms with Crippen LogP contribution in [-0.4, -0.2) is 30.6 Å². The van der Waals surface area contributed by atoms with E-state index in [1.807, 2.05) is 0 Å². The van der Waals surface area contributed by atoms with E-state index in [4.69, 9.17) is 5.73 Å². The van der Waals surface area contributed by atoms with Gasteiger partial charge in [-0.15, -0.1) is 0 Å². The summed E-state index contributed by atoms with van der Waals surface area (Å²) in [6, 6.07) is 0. The van der Waals surface area contributed by atoms with Crippen LogP contribution in [-0.2, 0) is 0 Å². The first-order valence-corrected chi connectivity index (χ1v) is 6.34. The molecule has 0 aromatic heterocycles. The lowest BCUT2D eigenvalue weighted by molar-refractivity contribution is 0.0674. The number of likely N-dealkylation sites (N-methyl/N-ethyl adjacent to an activating group) is 1. The Morgan fingerprint density at radius 1 is 1.47 bits per heavy atom. The van der Waals surface area contributed by atoms with Gasteiger partial charge in [0.15, 0.2) is 0 Å². The Kier molecular flexibility index (Phi) is 2.63. The Morgan fingerprint density at radius 2 is 2.00 bits per heavy atom. The number of hydrogen-bond donors (Lipinski definition) is 1. The van der Waals surface area contributed by atoms with E-state index in [2.05, 4.69) is 32.7 Å². The highest BCUT2D eigenvalue weighted by molar-refractivity contribution is 5.09. The zero-order chi connectivity index (χ0) is 11.3. The van der Waals surface area contributed by atoms with Crippen molar-refractivity contribution >= 4 is 0 Å². The first kappa shape index (κ1) is 11.4. The molecule has 0 saturated heterocycles. The SMILES string of the molecule is CC1CC1CN(C)C(C)(CN)C1(C)CC1. The van der Waals surface area contributed by atoms with Gasteiger partial charge in [0.2, 0.25) is 0 Å². The molecule has 3 atom stereocenters. The molecule has 0 radical (unpaired) electrons. The Bertz CT molecular complexity index is 247. The molecule has 0 spiro atoms. The maximum atomic E-state index is 6.02. The second-order valence-corrected chi connectivity index (χ2v) is 6.39. The summed E-state index contributed by atoms with van der Waals surface area (Å²) in [6.07, 6.45) is 4.12. The average molecular weight is 210 g/mol. The molecule has 2 rings (SSSR count). The average Bonchev–Trinajstić information content (AvgIpc) is 3.07. The van der Waals surface area contributed by atoms with Crippen molar-refractivity contribution in [3.63, 3.8) is 0 Å². The summed E-state index contributed by atoms with van der Waals surface area (Å²) >= 11 is 0. The molecule has 2 aliphatic carbocycles. The van der Waals surface area contributed by atoms with Crippen molar-refractivity contribution in [2.45, 2.75) is 45.6 Å². The van der Waals surface area contributed by atoms with Crippen LogP contribution in [0.5, 0.6) is 0 Å². The number of rotatable bonds is 5. The van der Waals surface area contributed by atoms with Crippen LogP contribution in [0.3, 0.4) is 0 Å². The number of hydrogen-bond acceptors (Lipinski definition) is 2. The van der Waals surface area contributed by atoms with Gasteiger partial charge >= 0.3 is 0 Å². The van der Waals surface area contributed by atoms with E-state index < -0.39 is 0 Å². The lowest BCUT2D eigenvalue weighted by Gasteiger charge is -2.44. The van der Waals surface area contributed by atoms with Crippen molar-refractivity contribution < 1.29 is 0 Å². The molecule has 2 fully saturated rings. The third kappa shape index (κ3) is 1.83. The lowest BCUT2D eigenvalue weighted by Crippen LogP contribution is -2.56. The highest BCUT2D eigenvalue weighted by atomic mass is 15.2. The molecule has 3 unspecified atom stereocenters. The molecule has 88 valence electrons. The molecular formula is C13H26N2. The van der Waals surface area contributed by atoms with E-state index in [0.29, 0.717) is 5.41 Å². The van der Waals surface area contributed by atoms with Crippen LogP contribution in [0, 0.1) is 17.3 Å². The largest absolute Gasteiger partial charge is 0.329 e. The van der Waals surface area contributed by atoms with Crippen molar-refractivity contribution in [1.29, 1.82) is 0 Å². The monoisotopic (exact) mass is 210 g/mol. The van der Waals surface area contributed by atoms with E-state index in [1.54, 1.807) is 0 Å². The quantitative estimate of drug-likeness (QED) is 0.753. The van der Waals surface area contributed by atoms with Gasteiger partial charge in [-0.05, 0) is 50.5 Å². The predicted octanol–water partition coefficient (Wildman–Crippen LogP) is 2.09. The topological polar surface area (TPSA) is 29.3 Å². The maximum absolute atomic E-state index is 6.02. The van der Waals surface area contributed by atoms with Gasteiger partial charge in [-0.1, -0.05) is 13.8 Å². The zero-order valence-electron chi connectivity index (χ0n) is 10.7. The summed E-state index contributed by atoms with van der Waals surface area (Å²) in [7, 11) is 2.27. The molecule has 2 saturated carbocycles. The fourth-order valence-corrected chi connectivity index (χ4v) is 2.80. The van der Waals surface area contributed by atoms with Crippen molar-refractivity contribution in [3.05, 3.63) is 0 Å². The Hall–Kier alpha value is -0.0800. The molecule has 0 amide bonds. The van der Waals surface area contributed by atoms with Crippen LogP contribution in [0.25, 0.3) is 0 Å². The minimum Gasteiger partial charge on any atom is -0.329 e. The normalized spacial score (nSPS) is 36.4.